The molecule has 1 atom stereocenters. The van der Waals surface area contributed by atoms with Gasteiger partial charge in [-0.25, -0.2) is 4.98 Å². The number of hydrogen-bond donors (Lipinski definition) is 0. The van der Waals surface area contributed by atoms with Crippen molar-refractivity contribution in [2.45, 2.75) is 37.1 Å². The predicted molar refractivity (Wildman–Crippen MR) is 121 cm³/mol. The minimum absolute atomic E-state index is 0.0166. The van der Waals surface area contributed by atoms with Crippen LogP contribution in [0.25, 0.3) is 21.3 Å². The molecule has 1 saturated heterocycles. The SMILES string of the molecule is COCCCn1c(SCC2CCCO2)nc2scc(-c3ccccc3Cl)c2c1=O. The van der Waals surface area contributed by atoms with Crippen molar-refractivity contribution in [3.8, 4) is 11.1 Å². The molecule has 5 nitrogen and oxygen atoms in total. The van der Waals surface area contributed by atoms with Gasteiger partial charge < -0.3 is 9.47 Å². The highest BCUT2D eigenvalue weighted by Gasteiger charge is 2.21. The average Bonchev–Trinajstić information content (AvgIpc) is 3.38. The van der Waals surface area contributed by atoms with Gasteiger partial charge in [0.1, 0.15) is 4.83 Å². The Bertz CT molecular complexity index is 1040. The maximum Gasteiger partial charge on any atom is 0.263 e. The number of methoxy groups -OCH3 is 1. The van der Waals surface area contributed by atoms with Crippen molar-refractivity contribution in [1.82, 2.24) is 9.55 Å². The second-order valence-electron chi connectivity index (χ2n) is 6.95. The van der Waals surface area contributed by atoms with Crippen molar-refractivity contribution in [3.63, 3.8) is 0 Å². The van der Waals surface area contributed by atoms with E-state index in [2.05, 4.69) is 0 Å². The van der Waals surface area contributed by atoms with Gasteiger partial charge in [0.2, 0.25) is 0 Å². The standard InChI is InChI=1S/C21H23ClN2O3S2/c1-26-10-5-9-24-20(25)18-16(15-7-2-3-8-17(15)22)13-28-19(18)23-21(24)29-12-14-6-4-11-27-14/h2-3,7-8,13-14H,4-6,9-12H2,1H3. The van der Waals surface area contributed by atoms with Crippen molar-refractivity contribution in [3.05, 3.63) is 45.0 Å². The van der Waals surface area contributed by atoms with Crippen molar-refractivity contribution < 1.29 is 9.47 Å². The Morgan fingerprint density at radius 3 is 3.00 bits per heavy atom. The predicted octanol–water partition coefficient (Wildman–Crippen LogP) is 5.09. The van der Waals surface area contributed by atoms with Gasteiger partial charge in [-0.1, -0.05) is 41.6 Å². The normalized spacial score (nSPS) is 16.7. The van der Waals surface area contributed by atoms with E-state index in [1.165, 1.54) is 11.3 Å². The molecule has 1 aromatic carbocycles. The summed E-state index contributed by atoms with van der Waals surface area (Å²) in [6.07, 6.45) is 3.16. The van der Waals surface area contributed by atoms with Crippen LogP contribution in [0.5, 0.6) is 0 Å². The highest BCUT2D eigenvalue weighted by atomic mass is 35.5. The molecule has 1 fully saturated rings. The molecule has 154 valence electrons. The molecule has 0 saturated carbocycles. The molecule has 0 amide bonds. The van der Waals surface area contributed by atoms with Gasteiger partial charge in [0, 0.05) is 54.2 Å². The number of hydrogen-bond acceptors (Lipinski definition) is 6. The molecule has 3 heterocycles. The summed E-state index contributed by atoms with van der Waals surface area (Å²) in [6.45, 7) is 1.99. The molecule has 2 aromatic heterocycles. The van der Waals surface area contributed by atoms with Gasteiger partial charge in [-0.3, -0.25) is 9.36 Å². The minimum Gasteiger partial charge on any atom is -0.385 e. The van der Waals surface area contributed by atoms with Crippen LogP contribution in [0.3, 0.4) is 0 Å². The molecular formula is C21H23ClN2O3S2. The van der Waals surface area contributed by atoms with Crippen LogP contribution < -0.4 is 5.56 Å². The molecule has 1 unspecified atom stereocenters. The average molecular weight is 451 g/mol. The Morgan fingerprint density at radius 2 is 2.24 bits per heavy atom. The quantitative estimate of drug-likeness (QED) is 0.272. The van der Waals surface area contributed by atoms with E-state index in [1.54, 1.807) is 23.4 Å². The summed E-state index contributed by atoms with van der Waals surface area (Å²) in [5, 5.41) is 4.01. The first kappa shape index (κ1) is 20.9. The van der Waals surface area contributed by atoms with Crippen molar-refractivity contribution in [2.75, 3.05) is 26.1 Å². The summed E-state index contributed by atoms with van der Waals surface area (Å²) in [5.41, 5.74) is 1.70. The third-order valence-corrected chi connectivity index (χ3v) is 7.29. The third kappa shape index (κ3) is 4.54. The Morgan fingerprint density at radius 1 is 1.38 bits per heavy atom. The number of rotatable bonds is 8. The van der Waals surface area contributed by atoms with Gasteiger partial charge in [0.25, 0.3) is 5.56 Å². The van der Waals surface area contributed by atoms with Gasteiger partial charge >= 0.3 is 0 Å². The summed E-state index contributed by atoms with van der Waals surface area (Å²) in [7, 11) is 1.67. The summed E-state index contributed by atoms with van der Waals surface area (Å²) in [6, 6.07) is 7.61. The largest absolute Gasteiger partial charge is 0.385 e. The second-order valence-corrected chi connectivity index (χ2v) is 9.21. The zero-order valence-electron chi connectivity index (χ0n) is 16.2. The number of halogens is 1. The van der Waals surface area contributed by atoms with Gasteiger partial charge in [-0.05, 0) is 25.3 Å². The lowest BCUT2D eigenvalue weighted by Crippen LogP contribution is -2.24. The Hall–Kier alpha value is -1.38. The first-order valence-corrected chi connectivity index (χ1v) is 11.9. The third-order valence-electron chi connectivity index (χ3n) is 4.98. The van der Waals surface area contributed by atoms with E-state index in [1.807, 2.05) is 29.6 Å². The summed E-state index contributed by atoms with van der Waals surface area (Å²) < 4.78 is 12.7. The molecule has 0 radical (unpaired) electrons. The molecule has 0 spiro atoms. The first-order chi connectivity index (χ1) is 14.2. The Labute approximate surface area is 183 Å². The Balaban J connectivity index is 1.75. The molecule has 4 rings (SSSR count). The van der Waals surface area contributed by atoms with Crippen LogP contribution >= 0.6 is 34.7 Å². The van der Waals surface area contributed by atoms with Crippen LogP contribution in [0.1, 0.15) is 19.3 Å². The highest BCUT2D eigenvalue weighted by molar-refractivity contribution is 7.99. The minimum atomic E-state index is -0.0166. The number of nitrogens with zero attached hydrogens (tertiary/aromatic N) is 2. The summed E-state index contributed by atoms with van der Waals surface area (Å²) in [4.78, 5) is 19.1. The van der Waals surface area contributed by atoms with E-state index in [4.69, 9.17) is 26.1 Å². The van der Waals surface area contributed by atoms with E-state index >= 15 is 0 Å². The molecule has 29 heavy (non-hydrogen) atoms. The van der Waals surface area contributed by atoms with Crippen molar-refractivity contribution in [1.29, 1.82) is 0 Å². The van der Waals surface area contributed by atoms with Crippen LogP contribution in [0.2, 0.25) is 5.02 Å². The van der Waals surface area contributed by atoms with E-state index < -0.39 is 0 Å². The zero-order valence-corrected chi connectivity index (χ0v) is 18.6. The van der Waals surface area contributed by atoms with E-state index in [-0.39, 0.29) is 11.7 Å². The topological polar surface area (TPSA) is 53.4 Å². The number of ether oxygens (including phenoxy) is 2. The van der Waals surface area contributed by atoms with Gasteiger partial charge in [-0.15, -0.1) is 11.3 Å². The highest BCUT2D eigenvalue weighted by Crippen LogP contribution is 2.36. The number of thioether (sulfide) groups is 1. The van der Waals surface area contributed by atoms with E-state index in [0.29, 0.717) is 23.6 Å². The van der Waals surface area contributed by atoms with Gasteiger partial charge in [0.05, 0.1) is 11.5 Å². The van der Waals surface area contributed by atoms with Gasteiger partial charge in [0.15, 0.2) is 5.16 Å². The summed E-state index contributed by atoms with van der Waals surface area (Å²) >= 11 is 9.50. The lowest BCUT2D eigenvalue weighted by molar-refractivity contribution is 0.129. The molecule has 0 bridgehead atoms. The number of thiophene rings is 1. The van der Waals surface area contributed by atoms with E-state index in [9.17, 15) is 4.79 Å². The molecule has 0 N–H and O–H groups in total. The van der Waals surface area contributed by atoms with Crippen LogP contribution in [0.15, 0.2) is 39.6 Å². The fourth-order valence-corrected chi connectivity index (χ4v) is 5.81. The van der Waals surface area contributed by atoms with Gasteiger partial charge in [-0.2, -0.15) is 0 Å². The van der Waals surface area contributed by atoms with E-state index in [0.717, 1.165) is 52.7 Å². The fraction of sp³-hybridized carbons (Fsp3) is 0.429. The maximum atomic E-state index is 13.5. The maximum absolute atomic E-state index is 13.5. The monoisotopic (exact) mass is 450 g/mol. The smallest absolute Gasteiger partial charge is 0.263 e. The van der Waals surface area contributed by atoms with Crippen molar-refractivity contribution in [2.24, 2.45) is 0 Å². The number of aromatic nitrogens is 2. The zero-order chi connectivity index (χ0) is 20.2. The molecule has 8 heteroatoms. The summed E-state index contributed by atoms with van der Waals surface area (Å²) in [5.74, 6) is 0.810. The van der Waals surface area contributed by atoms with Crippen LogP contribution in [0, 0.1) is 0 Å². The van der Waals surface area contributed by atoms with Crippen LogP contribution in [-0.2, 0) is 16.0 Å². The number of fused-ring (bicyclic) bond motifs is 1. The molecule has 1 aliphatic rings. The molecule has 0 aliphatic carbocycles. The first-order valence-electron chi connectivity index (χ1n) is 9.69. The second kappa shape index (κ2) is 9.62. The number of benzene rings is 1. The van der Waals surface area contributed by atoms with Crippen LogP contribution in [-0.4, -0.2) is 41.7 Å². The lowest BCUT2D eigenvalue weighted by Gasteiger charge is -2.14. The molecular weight excluding hydrogens is 428 g/mol. The molecule has 1 aliphatic heterocycles. The van der Waals surface area contributed by atoms with Crippen molar-refractivity contribution >= 4 is 44.9 Å². The Kier molecular flexibility index (Phi) is 6.92. The lowest BCUT2D eigenvalue weighted by atomic mass is 10.1. The van der Waals surface area contributed by atoms with Crippen LogP contribution in [0.4, 0.5) is 0 Å². The molecule has 3 aromatic rings. The fourth-order valence-electron chi connectivity index (χ4n) is 3.50.